The average Bonchev–Trinajstić information content (AvgIpc) is 3.04. The third-order valence-corrected chi connectivity index (χ3v) is 7.60. The molecule has 4 aromatic carbocycles. The van der Waals surface area contributed by atoms with Crippen LogP contribution in [0.1, 0.15) is 37.8 Å². The number of aromatic nitrogens is 2. The SMILES string of the molecule is CCCc1cc(N(c2ccccc2)c2cccnc2)cc2c(CCC)cc(N(c3ccccc3)c3cccnc3)cc12. The lowest BCUT2D eigenvalue weighted by Gasteiger charge is -2.28. The molecule has 0 radical (unpaired) electrons. The second kappa shape index (κ2) is 12.7. The summed E-state index contributed by atoms with van der Waals surface area (Å²) < 4.78 is 0. The molecule has 208 valence electrons. The minimum atomic E-state index is 0.993. The number of aryl methyl sites for hydroxylation is 2. The van der Waals surface area contributed by atoms with Crippen LogP contribution in [0.2, 0.25) is 0 Å². The van der Waals surface area contributed by atoms with Crippen molar-refractivity contribution in [2.75, 3.05) is 9.80 Å². The molecule has 2 aromatic heterocycles. The molecule has 0 saturated heterocycles. The molecule has 2 heterocycles. The molecule has 4 nitrogen and oxygen atoms in total. The molecule has 0 aliphatic heterocycles. The number of benzene rings is 4. The molecule has 0 saturated carbocycles. The number of anilines is 6. The fourth-order valence-electron chi connectivity index (χ4n) is 5.81. The molecule has 0 aliphatic carbocycles. The van der Waals surface area contributed by atoms with Crippen LogP contribution in [0.5, 0.6) is 0 Å². The van der Waals surface area contributed by atoms with Crippen molar-refractivity contribution in [1.82, 2.24) is 9.97 Å². The Kier molecular flexibility index (Phi) is 8.23. The summed E-state index contributed by atoms with van der Waals surface area (Å²) in [6, 6.07) is 38.9. The number of para-hydroxylation sites is 2. The summed E-state index contributed by atoms with van der Waals surface area (Å²) in [6.45, 7) is 4.52. The fraction of sp³-hybridized carbons (Fsp3) is 0.158. The summed E-state index contributed by atoms with van der Waals surface area (Å²) in [6.07, 6.45) is 11.7. The van der Waals surface area contributed by atoms with Crippen LogP contribution in [0.25, 0.3) is 10.8 Å². The summed E-state index contributed by atoms with van der Waals surface area (Å²) in [5, 5.41) is 2.62. The average molecular weight is 549 g/mol. The highest BCUT2D eigenvalue weighted by molar-refractivity contribution is 5.97. The van der Waals surface area contributed by atoms with E-state index in [-0.39, 0.29) is 0 Å². The van der Waals surface area contributed by atoms with Gasteiger partial charge in [0.1, 0.15) is 0 Å². The molecule has 6 rings (SSSR count). The highest BCUT2D eigenvalue weighted by atomic mass is 15.2. The van der Waals surface area contributed by atoms with E-state index in [9.17, 15) is 0 Å². The van der Waals surface area contributed by atoms with E-state index in [1.54, 1.807) is 0 Å². The maximum Gasteiger partial charge on any atom is 0.0644 e. The Morgan fingerprint density at radius 3 is 1.21 bits per heavy atom. The molecule has 0 aliphatic rings. The minimum absolute atomic E-state index is 0.993. The van der Waals surface area contributed by atoms with Crippen LogP contribution in [0.3, 0.4) is 0 Å². The van der Waals surface area contributed by atoms with Crippen LogP contribution < -0.4 is 9.80 Å². The van der Waals surface area contributed by atoms with Gasteiger partial charge in [-0.3, -0.25) is 9.97 Å². The summed E-state index contributed by atoms with van der Waals surface area (Å²) in [5.41, 5.74) is 9.35. The van der Waals surface area contributed by atoms with Crippen molar-refractivity contribution in [1.29, 1.82) is 0 Å². The van der Waals surface area contributed by atoms with Crippen LogP contribution >= 0.6 is 0 Å². The Morgan fingerprint density at radius 1 is 0.452 bits per heavy atom. The molecule has 0 unspecified atom stereocenters. The molecule has 0 spiro atoms. The van der Waals surface area contributed by atoms with Gasteiger partial charge in [0.15, 0.2) is 0 Å². The highest BCUT2D eigenvalue weighted by Crippen LogP contribution is 2.42. The Morgan fingerprint density at radius 2 is 0.857 bits per heavy atom. The van der Waals surface area contributed by atoms with E-state index in [0.717, 1.165) is 59.8 Å². The predicted octanol–water partition coefficient (Wildman–Crippen LogP) is 10.5. The quantitative estimate of drug-likeness (QED) is 0.170. The van der Waals surface area contributed by atoms with Gasteiger partial charge in [0.25, 0.3) is 0 Å². The van der Waals surface area contributed by atoms with Crippen molar-refractivity contribution in [3.05, 3.63) is 145 Å². The molecule has 6 aromatic rings. The number of hydrogen-bond acceptors (Lipinski definition) is 4. The lowest BCUT2D eigenvalue weighted by molar-refractivity contribution is 0.922. The first-order chi connectivity index (χ1) is 20.8. The molecule has 0 fully saturated rings. The summed E-state index contributed by atoms with van der Waals surface area (Å²) >= 11 is 0. The van der Waals surface area contributed by atoms with Gasteiger partial charge in [0, 0.05) is 35.1 Å². The maximum absolute atomic E-state index is 4.46. The lowest BCUT2D eigenvalue weighted by atomic mass is 9.93. The fourth-order valence-corrected chi connectivity index (χ4v) is 5.81. The van der Waals surface area contributed by atoms with Crippen molar-refractivity contribution in [2.24, 2.45) is 0 Å². The van der Waals surface area contributed by atoms with E-state index in [2.05, 4.69) is 131 Å². The number of rotatable bonds is 10. The van der Waals surface area contributed by atoms with E-state index in [1.165, 1.54) is 21.9 Å². The Labute approximate surface area is 248 Å². The normalized spacial score (nSPS) is 11.0. The van der Waals surface area contributed by atoms with Crippen molar-refractivity contribution in [2.45, 2.75) is 39.5 Å². The minimum Gasteiger partial charge on any atom is -0.309 e. The van der Waals surface area contributed by atoms with E-state index >= 15 is 0 Å². The van der Waals surface area contributed by atoms with Crippen LogP contribution in [0.4, 0.5) is 34.1 Å². The summed E-state index contributed by atoms with van der Waals surface area (Å²) in [7, 11) is 0. The first-order valence-electron chi connectivity index (χ1n) is 14.9. The van der Waals surface area contributed by atoms with Gasteiger partial charge in [0.2, 0.25) is 0 Å². The van der Waals surface area contributed by atoms with Crippen molar-refractivity contribution >= 4 is 44.9 Å². The molecule has 42 heavy (non-hydrogen) atoms. The van der Waals surface area contributed by atoms with Crippen molar-refractivity contribution in [3.8, 4) is 0 Å². The van der Waals surface area contributed by atoms with Gasteiger partial charge in [0.05, 0.1) is 23.8 Å². The first-order valence-corrected chi connectivity index (χ1v) is 14.9. The van der Waals surface area contributed by atoms with Crippen LogP contribution in [0, 0.1) is 0 Å². The smallest absolute Gasteiger partial charge is 0.0644 e. The third-order valence-electron chi connectivity index (χ3n) is 7.60. The second-order valence-electron chi connectivity index (χ2n) is 10.6. The van der Waals surface area contributed by atoms with E-state index in [0.29, 0.717) is 0 Å². The van der Waals surface area contributed by atoms with Crippen molar-refractivity contribution in [3.63, 3.8) is 0 Å². The lowest BCUT2D eigenvalue weighted by Crippen LogP contribution is -2.12. The van der Waals surface area contributed by atoms with Crippen LogP contribution in [0.15, 0.2) is 134 Å². The zero-order valence-corrected chi connectivity index (χ0v) is 24.3. The number of hydrogen-bond donors (Lipinski definition) is 0. The third kappa shape index (κ3) is 5.61. The van der Waals surface area contributed by atoms with Gasteiger partial charge in [-0.15, -0.1) is 0 Å². The molecule has 4 heteroatoms. The number of pyridine rings is 2. The van der Waals surface area contributed by atoms with E-state index in [4.69, 9.17) is 0 Å². The molecule has 0 N–H and O–H groups in total. The van der Waals surface area contributed by atoms with Crippen LogP contribution in [-0.4, -0.2) is 9.97 Å². The summed E-state index contributed by atoms with van der Waals surface area (Å²) in [5.74, 6) is 0. The zero-order valence-electron chi connectivity index (χ0n) is 24.3. The van der Waals surface area contributed by atoms with Crippen molar-refractivity contribution < 1.29 is 0 Å². The number of fused-ring (bicyclic) bond motifs is 1. The summed E-state index contributed by atoms with van der Waals surface area (Å²) in [4.78, 5) is 13.6. The topological polar surface area (TPSA) is 32.3 Å². The van der Waals surface area contributed by atoms with Gasteiger partial charge < -0.3 is 9.80 Å². The highest BCUT2D eigenvalue weighted by Gasteiger charge is 2.19. The zero-order chi connectivity index (χ0) is 28.7. The molecular weight excluding hydrogens is 512 g/mol. The van der Waals surface area contributed by atoms with Gasteiger partial charge >= 0.3 is 0 Å². The van der Waals surface area contributed by atoms with E-state index in [1.807, 2.05) is 36.9 Å². The molecule has 0 bridgehead atoms. The van der Waals surface area contributed by atoms with Gasteiger partial charge in [-0.1, -0.05) is 63.1 Å². The molecule has 0 amide bonds. The first kappa shape index (κ1) is 27.2. The second-order valence-corrected chi connectivity index (χ2v) is 10.6. The maximum atomic E-state index is 4.46. The van der Waals surface area contributed by atoms with Gasteiger partial charge in [-0.2, -0.15) is 0 Å². The Hall–Kier alpha value is -4.96. The van der Waals surface area contributed by atoms with Crippen LogP contribution in [-0.2, 0) is 12.8 Å². The van der Waals surface area contributed by atoms with Gasteiger partial charge in [-0.25, -0.2) is 0 Å². The Balaban J connectivity index is 1.60. The standard InChI is InChI=1S/C38H36N4/c1-3-13-29-23-35(41(31-15-7-5-8-16-31)33-19-11-21-39-27-33)26-38-30(14-4-2)24-36(25-37(29)38)42(32-17-9-6-10-18-32)34-20-12-22-40-28-34/h5-12,15-28H,3-4,13-14H2,1-2H3. The molecule has 0 atom stereocenters. The number of nitrogens with zero attached hydrogens (tertiary/aromatic N) is 4. The largest absolute Gasteiger partial charge is 0.309 e. The monoisotopic (exact) mass is 548 g/mol. The predicted molar refractivity (Wildman–Crippen MR) is 177 cm³/mol. The Bertz CT molecular complexity index is 1530. The van der Waals surface area contributed by atoms with Gasteiger partial charge in [-0.05, 0) is 108 Å². The van der Waals surface area contributed by atoms with E-state index < -0.39 is 0 Å². The molecular formula is C38H36N4.